The van der Waals surface area contributed by atoms with E-state index in [4.69, 9.17) is 11.5 Å². The Balaban J connectivity index is 2.29. The number of rotatable bonds is 2. The van der Waals surface area contributed by atoms with Gasteiger partial charge < -0.3 is 16.8 Å². The van der Waals surface area contributed by atoms with Crippen molar-refractivity contribution in [1.29, 1.82) is 0 Å². The molecule has 0 radical (unpaired) electrons. The molecule has 0 saturated heterocycles. The first kappa shape index (κ1) is 14.6. The molecule has 0 aliphatic heterocycles. The Hall–Kier alpha value is -2.84. The van der Waals surface area contributed by atoms with E-state index in [0.29, 0.717) is 0 Å². The van der Waals surface area contributed by atoms with Gasteiger partial charge in [0.15, 0.2) is 11.6 Å². The summed E-state index contributed by atoms with van der Waals surface area (Å²) in [4.78, 5) is 19.2. The van der Waals surface area contributed by atoms with E-state index in [1.807, 2.05) is 0 Å². The normalized spacial score (nSPS) is 11.2. The van der Waals surface area contributed by atoms with Crippen molar-refractivity contribution in [2.75, 3.05) is 16.8 Å². The number of carbonyl (C=O) groups excluding carboxylic acids is 1. The van der Waals surface area contributed by atoms with Gasteiger partial charge in [0, 0.05) is 5.56 Å². The highest BCUT2D eigenvalue weighted by Crippen LogP contribution is 2.30. The van der Waals surface area contributed by atoms with E-state index >= 15 is 0 Å². The lowest BCUT2D eigenvalue weighted by Gasteiger charge is -2.11. The quantitative estimate of drug-likeness (QED) is 0.785. The summed E-state index contributed by atoms with van der Waals surface area (Å²) in [5.74, 6) is -0.958. The van der Waals surface area contributed by atoms with E-state index in [-0.39, 0.29) is 22.9 Å². The van der Waals surface area contributed by atoms with Crippen molar-refractivity contribution in [2.24, 2.45) is 0 Å². The first-order valence-corrected chi connectivity index (χ1v) is 5.63. The lowest BCUT2D eigenvalue weighted by Crippen LogP contribution is -2.17. The number of halogens is 3. The number of nitrogens with one attached hydrogen (secondary N) is 1. The Morgan fingerprint density at radius 1 is 1.14 bits per heavy atom. The first-order chi connectivity index (χ1) is 9.79. The number of nitrogens with zero attached hydrogens (tertiary/aromatic N) is 2. The molecule has 0 fully saturated rings. The van der Waals surface area contributed by atoms with Crippen LogP contribution in [0.25, 0.3) is 0 Å². The molecule has 0 aliphatic carbocycles. The van der Waals surface area contributed by atoms with Gasteiger partial charge in [0.2, 0.25) is 0 Å². The number of anilines is 3. The minimum Gasteiger partial charge on any atom is -0.382 e. The second-order valence-electron chi connectivity index (χ2n) is 4.05. The Labute approximate surface area is 117 Å². The molecule has 1 heterocycles. The van der Waals surface area contributed by atoms with Gasteiger partial charge in [0.05, 0.1) is 5.56 Å². The zero-order valence-corrected chi connectivity index (χ0v) is 10.5. The van der Waals surface area contributed by atoms with Gasteiger partial charge in [0.1, 0.15) is 12.0 Å². The smallest absolute Gasteiger partial charge is 0.382 e. The molecular formula is C12H10F3N5O. The zero-order valence-electron chi connectivity index (χ0n) is 10.5. The molecule has 21 heavy (non-hydrogen) atoms. The standard InChI is InChI=1S/C12H10F3N5O/c13-12(14,15)7-3-1-2-6(4-7)11(21)20-8-9(16)18-5-19-10(8)17/h1-5H,(H,20,21)(H4,16,17,18,19). The van der Waals surface area contributed by atoms with Crippen molar-refractivity contribution < 1.29 is 18.0 Å². The number of alkyl halides is 3. The molecule has 0 unspecified atom stereocenters. The maximum atomic E-state index is 12.6. The van der Waals surface area contributed by atoms with Crippen molar-refractivity contribution in [3.8, 4) is 0 Å². The van der Waals surface area contributed by atoms with Crippen LogP contribution >= 0.6 is 0 Å². The van der Waals surface area contributed by atoms with Crippen LogP contribution in [0.4, 0.5) is 30.5 Å². The molecule has 0 aliphatic rings. The number of amides is 1. The Kier molecular flexibility index (Phi) is 3.66. The second kappa shape index (κ2) is 5.27. The average molecular weight is 297 g/mol. The summed E-state index contributed by atoms with van der Waals surface area (Å²) in [6.45, 7) is 0. The fraction of sp³-hybridized carbons (Fsp3) is 0.0833. The summed E-state index contributed by atoms with van der Waals surface area (Å²) in [5, 5.41) is 2.29. The zero-order chi connectivity index (χ0) is 15.6. The number of nitrogens with two attached hydrogens (primary N) is 2. The molecule has 1 aromatic heterocycles. The lowest BCUT2D eigenvalue weighted by molar-refractivity contribution is -0.137. The minimum absolute atomic E-state index is 0.0417. The number of hydrogen-bond donors (Lipinski definition) is 3. The SMILES string of the molecule is Nc1ncnc(N)c1NC(=O)c1cccc(C(F)(F)F)c1. The van der Waals surface area contributed by atoms with Crippen LogP contribution < -0.4 is 16.8 Å². The summed E-state index contributed by atoms with van der Waals surface area (Å²) in [6, 6.07) is 3.96. The van der Waals surface area contributed by atoms with Gasteiger partial charge >= 0.3 is 6.18 Å². The highest BCUT2D eigenvalue weighted by Gasteiger charge is 2.31. The van der Waals surface area contributed by atoms with Crippen LogP contribution in [0.2, 0.25) is 0 Å². The van der Waals surface area contributed by atoms with Crippen molar-refractivity contribution in [2.45, 2.75) is 6.18 Å². The highest BCUT2D eigenvalue weighted by molar-refractivity contribution is 6.07. The van der Waals surface area contributed by atoms with Crippen LogP contribution in [0.5, 0.6) is 0 Å². The molecule has 9 heteroatoms. The minimum atomic E-state index is -4.54. The van der Waals surface area contributed by atoms with Gasteiger partial charge in [0.25, 0.3) is 5.91 Å². The Morgan fingerprint density at radius 3 is 2.33 bits per heavy atom. The van der Waals surface area contributed by atoms with Crippen LogP contribution in [-0.4, -0.2) is 15.9 Å². The maximum absolute atomic E-state index is 12.6. The summed E-state index contributed by atoms with van der Waals surface area (Å²) in [5.41, 5.74) is 9.88. The molecule has 0 bridgehead atoms. The first-order valence-electron chi connectivity index (χ1n) is 5.63. The van der Waals surface area contributed by atoms with Gasteiger partial charge in [-0.25, -0.2) is 9.97 Å². The maximum Gasteiger partial charge on any atom is 0.416 e. The third-order valence-corrected chi connectivity index (χ3v) is 2.60. The van der Waals surface area contributed by atoms with Crippen LogP contribution in [-0.2, 0) is 6.18 Å². The van der Waals surface area contributed by atoms with Gasteiger partial charge in [-0.3, -0.25) is 4.79 Å². The number of benzene rings is 1. The van der Waals surface area contributed by atoms with Crippen molar-refractivity contribution >= 4 is 23.2 Å². The lowest BCUT2D eigenvalue weighted by atomic mass is 10.1. The van der Waals surface area contributed by atoms with Gasteiger partial charge in [-0.15, -0.1) is 0 Å². The second-order valence-corrected chi connectivity index (χ2v) is 4.05. The molecular weight excluding hydrogens is 287 g/mol. The van der Waals surface area contributed by atoms with E-state index in [1.165, 1.54) is 6.07 Å². The molecule has 1 amide bonds. The fourth-order valence-electron chi connectivity index (χ4n) is 1.56. The van der Waals surface area contributed by atoms with Crippen molar-refractivity contribution in [3.63, 3.8) is 0 Å². The number of aromatic nitrogens is 2. The van der Waals surface area contributed by atoms with E-state index in [0.717, 1.165) is 24.5 Å². The van der Waals surface area contributed by atoms with Crippen LogP contribution in [0.3, 0.4) is 0 Å². The van der Waals surface area contributed by atoms with E-state index < -0.39 is 17.6 Å². The monoisotopic (exact) mass is 297 g/mol. The van der Waals surface area contributed by atoms with Gasteiger partial charge in [-0.2, -0.15) is 13.2 Å². The molecule has 110 valence electrons. The molecule has 2 rings (SSSR count). The van der Waals surface area contributed by atoms with Crippen molar-refractivity contribution in [3.05, 3.63) is 41.7 Å². The van der Waals surface area contributed by atoms with Gasteiger partial charge in [-0.1, -0.05) is 6.07 Å². The van der Waals surface area contributed by atoms with E-state index in [1.54, 1.807) is 0 Å². The van der Waals surface area contributed by atoms with E-state index in [9.17, 15) is 18.0 Å². The molecule has 1 aromatic carbocycles. The van der Waals surface area contributed by atoms with Crippen LogP contribution in [0.15, 0.2) is 30.6 Å². The Bertz CT molecular complexity index is 667. The summed E-state index contributed by atoms with van der Waals surface area (Å²) < 4.78 is 37.8. The molecule has 0 spiro atoms. The number of nitrogen functional groups attached to an aromatic ring is 2. The van der Waals surface area contributed by atoms with Crippen LogP contribution in [0, 0.1) is 0 Å². The Morgan fingerprint density at radius 2 is 1.76 bits per heavy atom. The predicted octanol–water partition coefficient (Wildman–Crippen LogP) is 1.91. The molecule has 0 saturated carbocycles. The predicted molar refractivity (Wildman–Crippen MR) is 70.3 cm³/mol. The third-order valence-electron chi connectivity index (χ3n) is 2.60. The number of carbonyl (C=O) groups is 1. The molecule has 5 N–H and O–H groups in total. The summed E-state index contributed by atoms with van der Waals surface area (Å²) in [7, 11) is 0. The largest absolute Gasteiger partial charge is 0.416 e. The fourth-order valence-corrected chi connectivity index (χ4v) is 1.56. The summed E-state index contributed by atoms with van der Waals surface area (Å²) >= 11 is 0. The topological polar surface area (TPSA) is 107 Å². The molecule has 2 aromatic rings. The molecule has 6 nitrogen and oxygen atoms in total. The van der Waals surface area contributed by atoms with Gasteiger partial charge in [-0.05, 0) is 18.2 Å². The van der Waals surface area contributed by atoms with E-state index in [2.05, 4.69) is 15.3 Å². The number of hydrogen-bond acceptors (Lipinski definition) is 5. The van der Waals surface area contributed by atoms with Crippen LogP contribution in [0.1, 0.15) is 15.9 Å². The highest BCUT2D eigenvalue weighted by atomic mass is 19.4. The molecule has 0 atom stereocenters. The summed E-state index contributed by atoms with van der Waals surface area (Å²) in [6.07, 6.45) is -3.44. The van der Waals surface area contributed by atoms with Crippen molar-refractivity contribution in [1.82, 2.24) is 9.97 Å². The third kappa shape index (κ3) is 3.19. The average Bonchev–Trinajstić information content (AvgIpc) is 2.42.